The van der Waals surface area contributed by atoms with E-state index < -0.39 is 0 Å². The molecule has 1 aliphatic carbocycles. The molecule has 1 aromatic rings. The highest BCUT2D eigenvalue weighted by Gasteiger charge is 2.40. The fraction of sp³-hybridized carbons (Fsp3) is 0.500. The molecule has 0 radical (unpaired) electrons. The van der Waals surface area contributed by atoms with E-state index in [9.17, 15) is 14.4 Å². The Labute approximate surface area is 125 Å². The summed E-state index contributed by atoms with van der Waals surface area (Å²) in [6.45, 7) is 3.16. The van der Waals surface area contributed by atoms with E-state index in [1.807, 2.05) is 30.3 Å². The quantitative estimate of drug-likeness (QED) is 0.752. The van der Waals surface area contributed by atoms with Crippen molar-refractivity contribution in [2.75, 3.05) is 0 Å². The van der Waals surface area contributed by atoms with Gasteiger partial charge in [-0.3, -0.25) is 9.59 Å². The topological polar surface area (TPSA) is 51.2 Å². The van der Waals surface area contributed by atoms with E-state index in [0.29, 0.717) is 18.4 Å². The summed E-state index contributed by atoms with van der Waals surface area (Å²) in [5.74, 6) is 0.399. The lowest BCUT2D eigenvalue weighted by Crippen LogP contribution is -2.25. The molecule has 0 N–H and O–H groups in total. The zero-order valence-corrected chi connectivity index (χ0v) is 12.7. The van der Waals surface area contributed by atoms with E-state index in [1.165, 1.54) is 0 Å². The van der Waals surface area contributed by atoms with Gasteiger partial charge in [0.2, 0.25) is 0 Å². The van der Waals surface area contributed by atoms with Gasteiger partial charge in [-0.25, -0.2) is 0 Å². The van der Waals surface area contributed by atoms with Crippen LogP contribution in [0.4, 0.5) is 0 Å². The first-order valence-corrected chi connectivity index (χ1v) is 7.57. The van der Waals surface area contributed by atoms with Crippen LogP contribution >= 0.6 is 0 Å². The van der Waals surface area contributed by atoms with Gasteiger partial charge in [-0.2, -0.15) is 0 Å². The van der Waals surface area contributed by atoms with E-state index in [0.717, 1.165) is 12.8 Å². The van der Waals surface area contributed by atoms with Crippen LogP contribution in [0, 0.1) is 17.8 Å². The Kier molecular flexibility index (Phi) is 5.05. The molecule has 2 rings (SSSR count). The number of Topliss-reactive ketones (excluding diaryl/α,β-unsaturated/α-hetero) is 3. The van der Waals surface area contributed by atoms with Gasteiger partial charge in [0.25, 0.3) is 0 Å². The van der Waals surface area contributed by atoms with Crippen molar-refractivity contribution in [1.82, 2.24) is 0 Å². The van der Waals surface area contributed by atoms with Crippen molar-refractivity contribution < 1.29 is 14.4 Å². The average molecular weight is 286 g/mol. The highest BCUT2D eigenvalue weighted by atomic mass is 16.1. The second-order valence-corrected chi connectivity index (χ2v) is 6.13. The first-order chi connectivity index (χ1) is 9.99. The van der Waals surface area contributed by atoms with Gasteiger partial charge in [0.05, 0.1) is 0 Å². The minimum absolute atomic E-state index is 0.0829. The Balaban J connectivity index is 2.07. The van der Waals surface area contributed by atoms with Crippen LogP contribution in [-0.2, 0) is 9.59 Å². The van der Waals surface area contributed by atoms with Gasteiger partial charge in [-0.1, -0.05) is 30.3 Å². The maximum Gasteiger partial charge on any atom is 0.163 e. The standard InChI is InChI=1S/C18H22O3/c1-12(19)10-15-8-9-16(18(15)13(2)20)11-17(21)14-6-4-3-5-7-14/h3-7,15-16,18H,8-11H2,1-2H3/t15-,16-,18+/m1/s1. The largest absolute Gasteiger partial charge is 0.300 e. The van der Waals surface area contributed by atoms with Gasteiger partial charge in [0.15, 0.2) is 5.78 Å². The molecule has 112 valence electrons. The summed E-state index contributed by atoms with van der Waals surface area (Å²) in [5.41, 5.74) is 0.704. The number of hydrogen-bond donors (Lipinski definition) is 0. The molecule has 0 spiro atoms. The Morgan fingerprint density at radius 3 is 2.05 bits per heavy atom. The molecular formula is C18H22O3. The normalized spacial score (nSPS) is 24.8. The van der Waals surface area contributed by atoms with Crippen molar-refractivity contribution in [3.63, 3.8) is 0 Å². The monoisotopic (exact) mass is 286 g/mol. The van der Waals surface area contributed by atoms with Gasteiger partial charge in [0, 0.05) is 24.3 Å². The molecule has 3 nitrogen and oxygen atoms in total. The van der Waals surface area contributed by atoms with E-state index in [2.05, 4.69) is 0 Å². The Hall–Kier alpha value is -1.77. The summed E-state index contributed by atoms with van der Waals surface area (Å²) in [7, 11) is 0. The SMILES string of the molecule is CC(=O)C[C@H]1CC[C@H](CC(=O)c2ccccc2)[C@H]1C(C)=O. The molecule has 0 bridgehead atoms. The maximum absolute atomic E-state index is 12.3. The second kappa shape index (κ2) is 6.79. The number of benzene rings is 1. The van der Waals surface area contributed by atoms with Crippen LogP contribution in [0.5, 0.6) is 0 Å². The maximum atomic E-state index is 12.3. The van der Waals surface area contributed by atoms with E-state index >= 15 is 0 Å². The van der Waals surface area contributed by atoms with Crippen LogP contribution in [0.1, 0.15) is 49.9 Å². The molecule has 1 fully saturated rings. The van der Waals surface area contributed by atoms with Crippen molar-refractivity contribution in [3.05, 3.63) is 35.9 Å². The highest BCUT2D eigenvalue weighted by Crippen LogP contribution is 2.42. The summed E-state index contributed by atoms with van der Waals surface area (Å²) >= 11 is 0. The molecule has 3 heteroatoms. The minimum Gasteiger partial charge on any atom is -0.300 e. The summed E-state index contributed by atoms with van der Waals surface area (Å²) in [5, 5.41) is 0. The van der Waals surface area contributed by atoms with Gasteiger partial charge >= 0.3 is 0 Å². The molecule has 1 aliphatic rings. The lowest BCUT2D eigenvalue weighted by Gasteiger charge is -2.21. The summed E-state index contributed by atoms with van der Waals surface area (Å²) in [6.07, 6.45) is 2.60. The van der Waals surface area contributed by atoms with Crippen LogP contribution in [-0.4, -0.2) is 17.3 Å². The van der Waals surface area contributed by atoms with Gasteiger partial charge in [-0.15, -0.1) is 0 Å². The van der Waals surface area contributed by atoms with Gasteiger partial charge in [0.1, 0.15) is 11.6 Å². The third kappa shape index (κ3) is 3.87. The second-order valence-electron chi connectivity index (χ2n) is 6.13. The summed E-state index contributed by atoms with van der Waals surface area (Å²) in [6, 6.07) is 9.21. The van der Waals surface area contributed by atoms with E-state index in [1.54, 1.807) is 13.8 Å². The van der Waals surface area contributed by atoms with E-state index in [-0.39, 0.29) is 35.1 Å². The Morgan fingerprint density at radius 1 is 0.952 bits per heavy atom. The first-order valence-electron chi connectivity index (χ1n) is 7.57. The fourth-order valence-electron chi connectivity index (χ4n) is 3.64. The van der Waals surface area contributed by atoms with Crippen molar-refractivity contribution in [2.45, 2.75) is 39.5 Å². The third-order valence-corrected chi connectivity index (χ3v) is 4.49. The summed E-state index contributed by atoms with van der Waals surface area (Å²) < 4.78 is 0. The molecule has 0 aliphatic heterocycles. The molecule has 1 aromatic carbocycles. The molecule has 1 saturated carbocycles. The Morgan fingerprint density at radius 2 is 1.52 bits per heavy atom. The van der Waals surface area contributed by atoms with Crippen molar-refractivity contribution >= 4 is 17.3 Å². The van der Waals surface area contributed by atoms with E-state index in [4.69, 9.17) is 0 Å². The molecule has 0 unspecified atom stereocenters. The predicted molar refractivity (Wildman–Crippen MR) is 81.1 cm³/mol. The number of carbonyl (C=O) groups excluding carboxylic acids is 3. The number of rotatable bonds is 6. The third-order valence-electron chi connectivity index (χ3n) is 4.49. The molecule has 0 saturated heterocycles. The molecule has 0 amide bonds. The lowest BCUT2D eigenvalue weighted by molar-refractivity contribution is -0.124. The van der Waals surface area contributed by atoms with Crippen LogP contribution in [0.25, 0.3) is 0 Å². The Bertz CT molecular complexity index is 533. The van der Waals surface area contributed by atoms with Gasteiger partial charge in [-0.05, 0) is 38.5 Å². The van der Waals surface area contributed by atoms with Crippen molar-refractivity contribution in [1.29, 1.82) is 0 Å². The summed E-state index contributed by atoms with van der Waals surface area (Å²) in [4.78, 5) is 35.6. The first kappa shape index (κ1) is 15.6. The number of carbonyl (C=O) groups is 3. The number of ketones is 3. The van der Waals surface area contributed by atoms with Crippen LogP contribution in [0.2, 0.25) is 0 Å². The van der Waals surface area contributed by atoms with Crippen LogP contribution in [0.15, 0.2) is 30.3 Å². The van der Waals surface area contributed by atoms with Crippen LogP contribution in [0.3, 0.4) is 0 Å². The van der Waals surface area contributed by atoms with Crippen LogP contribution < -0.4 is 0 Å². The zero-order chi connectivity index (χ0) is 15.4. The molecular weight excluding hydrogens is 264 g/mol. The molecule has 21 heavy (non-hydrogen) atoms. The molecule has 0 aromatic heterocycles. The fourth-order valence-corrected chi connectivity index (χ4v) is 3.64. The minimum atomic E-state index is -0.137. The smallest absolute Gasteiger partial charge is 0.163 e. The van der Waals surface area contributed by atoms with Crippen molar-refractivity contribution in [2.24, 2.45) is 17.8 Å². The highest BCUT2D eigenvalue weighted by molar-refractivity contribution is 5.96. The number of hydrogen-bond acceptors (Lipinski definition) is 3. The molecule has 0 heterocycles. The van der Waals surface area contributed by atoms with Crippen molar-refractivity contribution in [3.8, 4) is 0 Å². The predicted octanol–water partition coefficient (Wildman–Crippen LogP) is 3.47. The zero-order valence-electron chi connectivity index (χ0n) is 12.7. The average Bonchev–Trinajstić information content (AvgIpc) is 2.81. The molecule has 3 atom stereocenters. The lowest BCUT2D eigenvalue weighted by atomic mass is 9.81. The van der Waals surface area contributed by atoms with Gasteiger partial charge < -0.3 is 4.79 Å².